The molecule has 0 bridgehead atoms. The van der Waals surface area contributed by atoms with E-state index in [0.717, 1.165) is 18.5 Å². The molecule has 0 aliphatic carbocycles. The van der Waals surface area contributed by atoms with Crippen LogP contribution in [0.15, 0.2) is 5.38 Å². The highest BCUT2D eigenvalue weighted by molar-refractivity contribution is 7.09. The summed E-state index contributed by atoms with van der Waals surface area (Å²) in [5, 5.41) is 3.33. The van der Waals surface area contributed by atoms with Crippen molar-refractivity contribution >= 4 is 11.3 Å². The molecule has 1 aromatic heterocycles. The van der Waals surface area contributed by atoms with Gasteiger partial charge in [-0.15, -0.1) is 11.3 Å². The number of hydrogen-bond acceptors (Lipinski definition) is 3. The first-order valence-corrected chi connectivity index (χ1v) is 5.85. The molecule has 2 N–H and O–H groups in total. The highest BCUT2D eigenvalue weighted by Gasteiger charge is 2.07. The van der Waals surface area contributed by atoms with Gasteiger partial charge >= 0.3 is 0 Å². The fourth-order valence-corrected chi connectivity index (χ4v) is 2.05. The van der Waals surface area contributed by atoms with Crippen LogP contribution in [0.3, 0.4) is 0 Å². The number of aromatic nitrogens is 1. The number of thiazole rings is 1. The van der Waals surface area contributed by atoms with Crippen LogP contribution in [-0.2, 0) is 6.42 Å². The maximum absolute atomic E-state index is 5.88. The number of nitrogens with two attached hydrogens (primary N) is 1. The van der Waals surface area contributed by atoms with Gasteiger partial charge in [0.1, 0.15) is 0 Å². The largest absolute Gasteiger partial charge is 0.323 e. The minimum absolute atomic E-state index is 0.131. The van der Waals surface area contributed by atoms with Gasteiger partial charge in [-0.05, 0) is 19.3 Å². The summed E-state index contributed by atoms with van der Waals surface area (Å²) in [5.74, 6) is 0. The van der Waals surface area contributed by atoms with Gasteiger partial charge in [-0.3, -0.25) is 0 Å². The number of rotatable bonds is 5. The highest BCUT2D eigenvalue weighted by atomic mass is 32.1. The van der Waals surface area contributed by atoms with E-state index in [-0.39, 0.29) is 6.04 Å². The first kappa shape index (κ1) is 10.7. The van der Waals surface area contributed by atoms with Crippen LogP contribution < -0.4 is 5.73 Å². The molecule has 1 aromatic rings. The van der Waals surface area contributed by atoms with E-state index in [1.54, 1.807) is 11.3 Å². The first-order chi connectivity index (χ1) is 6.27. The topological polar surface area (TPSA) is 38.9 Å². The standard InChI is InChI=1S/C10H18N2S/c1-3-5-6-10-12-9(7-13-10)8(11)4-2/h7-8H,3-6,11H2,1-2H3. The SMILES string of the molecule is CCCCc1nc(C(N)CC)cs1. The average molecular weight is 198 g/mol. The summed E-state index contributed by atoms with van der Waals surface area (Å²) in [5.41, 5.74) is 6.95. The normalized spacial score (nSPS) is 13.2. The van der Waals surface area contributed by atoms with Crippen molar-refractivity contribution in [3.05, 3.63) is 16.1 Å². The number of aryl methyl sites for hydroxylation is 1. The maximum Gasteiger partial charge on any atom is 0.0928 e. The summed E-state index contributed by atoms with van der Waals surface area (Å²) < 4.78 is 0. The Labute approximate surface area is 84.2 Å². The van der Waals surface area contributed by atoms with E-state index in [9.17, 15) is 0 Å². The zero-order valence-corrected chi connectivity index (χ0v) is 9.23. The Hall–Kier alpha value is -0.410. The minimum atomic E-state index is 0.131. The highest BCUT2D eigenvalue weighted by Crippen LogP contribution is 2.18. The van der Waals surface area contributed by atoms with Crippen LogP contribution in [0.1, 0.15) is 49.9 Å². The molecule has 0 saturated carbocycles. The molecule has 1 heterocycles. The zero-order chi connectivity index (χ0) is 9.68. The number of nitrogens with zero attached hydrogens (tertiary/aromatic N) is 1. The molecular weight excluding hydrogens is 180 g/mol. The van der Waals surface area contributed by atoms with Crippen molar-refractivity contribution in [1.82, 2.24) is 4.98 Å². The van der Waals surface area contributed by atoms with Crippen molar-refractivity contribution in [2.75, 3.05) is 0 Å². The van der Waals surface area contributed by atoms with Crippen LogP contribution >= 0.6 is 11.3 Å². The molecular formula is C10H18N2S. The molecule has 0 aliphatic heterocycles. The summed E-state index contributed by atoms with van der Waals surface area (Å²) in [6.07, 6.45) is 4.54. The zero-order valence-electron chi connectivity index (χ0n) is 8.42. The second-order valence-electron chi connectivity index (χ2n) is 3.28. The summed E-state index contributed by atoms with van der Waals surface area (Å²) in [6, 6.07) is 0.131. The molecule has 1 rings (SSSR count). The maximum atomic E-state index is 5.88. The Bertz CT molecular complexity index is 245. The molecule has 74 valence electrons. The van der Waals surface area contributed by atoms with Crippen LogP contribution in [-0.4, -0.2) is 4.98 Å². The van der Waals surface area contributed by atoms with Gasteiger partial charge in [-0.1, -0.05) is 20.3 Å². The van der Waals surface area contributed by atoms with E-state index in [2.05, 4.69) is 24.2 Å². The van der Waals surface area contributed by atoms with Gasteiger partial charge in [0.2, 0.25) is 0 Å². The molecule has 0 spiro atoms. The molecule has 0 fully saturated rings. The van der Waals surface area contributed by atoms with Gasteiger partial charge in [0.15, 0.2) is 0 Å². The van der Waals surface area contributed by atoms with E-state index in [1.807, 2.05) is 0 Å². The Balaban J connectivity index is 2.53. The molecule has 0 aliphatic rings. The predicted molar refractivity (Wildman–Crippen MR) is 57.9 cm³/mol. The Morgan fingerprint density at radius 1 is 1.54 bits per heavy atom. The van der Waals surface area contributed by atoms with Crippen LogP contribution in [0.4, 0.5) is 0 Å². The lowest BCUT2D eigenvalue weighted by Crippen LogP contribution is -2.08. The molecule has 0 radical (unpaired) electrons. The predicted octanol–water partition coefficient (Wildman–Crippen LogP) is 2.90. The number of unbranched alkanes of at least 4 members (excludes halogenated alkanes) is 1. The summed E-state index contributed by atoms with van der Waals surface area (Å²) in [4.78, 5) is 4.51. The van der Waals surface area contributed by atoms with Crippen LogP contribution in [0.25, 0.3) is 0 Å². The monoisotopic (exact) mass is 198 g/mol. The van der Waals surface area contributed by atoms with Crippen LogP contribution in [0.5, 0.6) is 0 Å². The van der Waals surface area contributed by atoms with Crippen molar-refractivity contribution in [3.63, 3.8) is 0 Å². The third-order valence-corrected chi connectivity index (χ3v) is 3.06. The summed E-state index contributed by atoms with van der Waals surface area (Å²) in [7, 11) is 0. The van der Waals surface area contributed by atoms with Gasteiger partial charge in [0, 0.05) is 11.4 Å². The van der Waals surface area contributed by atoms with Gasteiger partial charge < -0.3 is 5.73 Å². The Kier molecular flexibility index (Phi) is 4.39. The lowest BCUT2D eigenvalue weighted by molar-refractivity contribution is 0.674. The lowest BCUT2D eigenvalue weighted by atomic mass is 10.2. The molecule has 1 atom stereocenters. The van der Waals surface area contributed by atoms with Crippen LogP contribution in [0.2, 0.25) is 0 Å². The molecule has 2 nitrogen and oxygen atoms in total. The van der Waals surface area contributed by atoms with E-state index < -0.39 is 0 Å². The van der Waals surface area contributed by atoms with Gasteiger partial charge in [0.05, 0.1) is 10.7 Å². The minimum Gasteiger partial charge on any atom is -0.323 e. The second kappa shape index (κ2) is 5.35. The fourth-order valence-electron chi connectivity index (χ4n) is 1.15. The first-order valence-electron chi connectivity index (χ1n) is 4.97. The van der Waals surface area contributed by atoms with Gasteiger partial charge in [-0.25, -0.2) is 4.98 Å². The van der Waals surface area contributed by atoms with Gasteiger partial charge in [0.25, 0.3) is 0 Å². The van der Waals surface area contributed by atoms with Crippen LogP contribution in [0, 0.1) is 0 Å². The van der Waals surface area contributed by atoms with Crippen molar-refractivity contribution < 1.29 is 0 Å². The van der Waals surface area contributed by atoms with Crippen molar-refractivity contribution in [3.8, 4) is 0 Å². The molecule has 0 saturated heterocycles. The van der Waals surface area contributed by atoms with E-state index >= 15 is 0 Å². The van der Waals surface area contributed by atoms with Gasteiger partial charge in [-0.2, -0.15) is 0 Å². The van der Waals surface area contributed by atoms with E-state index in [0.29, 0.717) is 0 Å². The molecule has 1 unspecified atom stereocenters. The van der Waals surface area contributed by atoms with E-state index in [1.165, 1.54) is 17.8 Å². The Morgan fingerprint density at radius 3 is 2.92 bits per heavy atom. The summed E-state index contributed by atoms with van der Waals surface area (Å²) >= 11 is 1.74. The summed E-state index contributed by atoms with van der Waals surface area (Å²) in [6.45, 7) is 4.29. The second-order valence-corrected chi connectivity index (χ2v) is 4.23. The molecule has 13 heavy (non-hydrogen) atoms. The Morgan fingerprint density at radius 2 is 2.31 bits per heavy atom. The van der Waals surface area contributed by atoms with Crippen molar-refractivity contribution in [2.45, 2.75) is 45.6 Å². The van der Waals surface area contributed by atoms with E-state index in [4.69, 9.17) is 5.73 Å². The fraction of sp³-hybridized carbons (Fsp3) is 0.700. The van der Waals surface area contributed by atoms with Crippen molar-refractivity contribution in [1.29, 1.82) is 0 Å². The average Bonchev–Trinajstić information content (AvgIpc) is 2.62. The molecule has 0 aromatic carbocycles. The number of hydrogen-bond donors (Lipinski definition) is 1. The smallest absolute Gasteiger partial charge is 0.0928 e. The quantitative estimate of drug-likeness (QED) is 0.790. The lowest BCUT2D eigenvalue weighted by Gasteiger charge is -2.02. The molecule has 3 heteroatoms. The molecule has 0 amide bonds. The third-order valence-electron chi connectivity index (χ3n) is 2.13. The third kappa shape index (κ3) is 3.08. The van der Waals surface area contributed by atoms with Crippen molar-refractivity contribution in [2.24, 2.45) is 5.73 Å².